The summed E-state index contributed by atoms with van der Waals surface area (Å²) in [6.45, 7) is 5.78. The smallest absolute Gasteiger partial charge is 0.0314 e. The van der Waals surface area contributed by atoms with Crippen molar-refractivity contribution in [2.45, 2.75) is 25.7 Å². The van der Waals surface area contributed by atoms with Crippen LogP contribution >= 0.6 is 0 Å². The largest absolute Gasteiger partial charge is 0.399 e. The lowest BCUT2D eigenvalue weighted by Gasteiger charge is -2.20. The van der Waals surface area contributed by atoms with Crippen molar-refractivity contribution in [3.63, 3.8) is 0 Å². The summed E-state index contributed by atoms with van der Waals surface area (Å²) in [5.74, 6) is 0.594. The van der Waals surface area contributed by atoms with Crippen LogP contribution in [0.15, 0.2) is 24.3 Å². The van der Waals surface area contributed by atoms with E-state index in [1.54, 1.807) is 0 Å². The van der Waals surface area contributed by atoms with E-state index >= 15 is 0 Å². The van der Waals surface area contributed by atoms with Gasteiger partial charge in [0.1, 0.15) is 0 Å². The van der Waals surface area contributed by atoms with Gasteiger partial charge in [0, 0.05) is 5.69 Å². The van der Waals surface area contributed by atoms with Crippen LogP contribution in [0.2, 0.25) is 0 Å². The number of anilines is 1. The summed E-state index contributed by atoms with van der Waals surface area (Å²) < 4.78 is 0. The standard InChI is InChI=1S/C16H29N3/c1-14(15-6-8-16(17)9-7-15)10-13-19(4)12-5-11-18(2)3/h6-9,14H,5,10-13,17H2,1-4H3. The van der Waals surface area contributed by atoms with Crippen LogP contribution in [0.1, 0.15) is 31.2 Å². The van der Waals surface area contributed by atoms with Crippen LogP contribution in [0, 0.1) is 0 Å². The molecule has 0 aliphatic rings. The van der Waals surface area contributed by atoms with Crippen LogP contribution < -0.4 is 5.73 Å². The quantitative estimate of drug-likeness (QED) is 0.732. The minimum Gasteiger partial charge on any atom is -0.399 e. The Labute approximate surface area is 118 Å². The van der Waals surface area contributed by atoms with Crippen LogP contribution in [0.3, 0.4) is 0 Å². The van der Waals surface area contributed by atoms with Crippen LogP contribution in [0.4, 0.5) is 5.69 Å². The summed E-state index contributed by atoms with van der Waals surface area (Å²) in [5.41, 5.74) is 7.95. The highest BCUT2D eigenvalue weighted by Gasteiger charge is 2.07. The van der Waals surface area contributed by atoms with Crippen molar-refractivity contribution in [1.82, 2.24) is 9.80 Å². The lowest BCUT2D eigenvalue weighted by atomic mass is 9.97. The first-order valence-corrected chi connectivity index (χ1v) is 7.17. The van der Waals surface area contributed by atoms with E-state index in [1.807, 2.05) is 12.1 Å². The number of nitrogens with two attached hydrogens (primary N) is 1. The maximum absolute atomic E-state index is 5.72. The highest BCUT2D eigenvalue weighted by molar-refractivity contribution is 5.40. The second kappa shape index (κ2) is 8.18. The average Bonchev–Trinajstić information content (AvgIpc) is 2.36. The fraction of sp³-hybridized carbons (Fsp3) is 0.625. The number of nitrogen functional groups attached to an aromatic ring is 1. The third kappa shape index (κ3) is 6.60. The molecule has 0 saturated carbocycles. The topological polar surface area (TPSA) is 32.5 Å². The van der Waals surface area contributed by atoms with Crippen molar-refractivity contribution in [3.05, 3.63) is 29.8 Å². The summed E-state index contributed by atoms with van der Waals surface area (Å²) in [4.78, 5) is 4.67. The molecule has 1 aromatic carbocycles. The molecular formula is C16H29N3. The van der Waals surface area contributed by atoms with Crippen molar-refractivity contribution in [1.29, 1.82) is 0 Å². The summed E-state index contributed by atoms with van der Waals surface area (Å²) in [6.07, 6.45) is 2.43. The molecule has 1 unspecified atom stereocenters. The fourth-order valence-corrected chi connectivity index (χ4v) is 2.17. The van der Waals surface area contributed by atoms with E-state index in [1.165, 1.54) is 24.9 Å². The van der Waals surface area contributed by atoms with Gasteiger partial charge in [0.05, 0.1) is 0 Å². The molecule has 108 valence electrons. The van der Waals surface area contributed by atoms with Crippen molar-refractivity contribution < 1.29 is 0 Å². The molecule has 0 bridgehead atoms. The second-order valence-electron chi connectivity index (χ2n) is 5.82. The van der Waals surface area contributed by atoms with Crippen LogP contribution in [-0.2, 0) is 0 Å². The number of hydrogen-bond donors (Lipinski definition) is 1. The Morgan fingerprint density at radius 1 is 1.00 bits per heavy atom. The zero-order valence-corrected chi connectivity index (χ0v) is 12.9. The predicted octanol–water partition coefficient (Wildman–Crippen LogP) is 2.65. The molecule has 19 heavy (non-hydrogen) atoms. The first-order valence-electron chi connectivity index (χ1n) is 7.17. The second-order valence-corrected chi connectivity index (χ2v) is 5.82. The first-order chi connectivity index (χ1) is 8.99. The van der Waals surface area contributed by atoms with Crippen LogP contribution in [0.5, 0.6) is 0 Å². The molecule has 2 N–H and O–H groups in total. The molecule has 0 heterocycles. The molecule has 0 radical (unpaired) electrons. The van der Waals surface area contributed by atoms with Gasteiger partial charge >= 0.3 is 0 Å². The van der Waals surface area contributed by atoms with Crippen molar-refractivity contribution >= 4 is 5.69 Å². The van der Waals surface area contributed by atoms with Gasteiger partial charge in [-0.25, -0.2) is 0 Å². The Balaban J connectivity index is 2.25. The van der Waals surface area contributed by atoms with E-state index in [0.717, 1.165) is 18.8 Å². The maximum Gasteiger partial charge on any atom is 0.0314 e. The molecule has 1 atom stereocenters. The van der Waals surface area contributed by atoms with Crippen LogP contribution in [0.25, 0.3) is 0 Å². The molecule has 0 aliphatic carbocycles. The minimum absolute atomic E-state index is 0.594. The minimum atomic E-state index is 0.594. The van der Waals surface area contributed by atoms with E-state index in [-0.39, 0.29) is 0 Å². The van der Waals surface area contributed by atoms with Crippen molar-refractivity contribution in [3.8, 4) is 0 Å². The molecule has 0 fully saturated rings. The van der Waals surface area contributed by atoms with Gasteiger partial charge in [-0.2, -0.15) is 0 Å². The van der Waals surface area contributed by atoms with Gasteiger partial charge in [0.25, 0.3) is 0 Å². The predicted molar refractivity (Wildman–Crippen MR) is 84.6 cm³/mol. The van der Waals surface area contributed by atoms with Gasteiger partial charge in [-0.1, -0.05) is 19.1 Å². The number of benzene rings is 1. The molecule has 3 nitrogen and oxygen atoms in total. The van der Waals surface area contributed by atoms with Gasteiger partial charge in [-0.3, -0.25) is 0 Å². The molecule has 0 aliphatic heterocycles. The summed E-state index contributed by atoms with van der Waals surface area (Å²) in [5, 5.41) is 0. The monoisotopic (exact) mass is 263 g/mol. The molecule has 1 aromatic rings. The van der Waals surface area contributed by atoms with E-state index in [4.69, 9.17) is 5.73 Å². The SMILES string of the molecule is CC(CCN(C)CCCN(C)C)c1ccc(N)cc1. The molecule has 3 heteroatoms. The summed E-state index contributed by atoms with van der Waals surface area (Å²) >= 11 is 0. The zero-order chi connectivity index (χ0) is 14.3. The molecule has 1 rings (SSSR count). The lowest BCUT2D eigenvalue weighted by Crippen LogP contribution is -2.25. The summed E-state index contributed by atoms with van der Waals surface area (Å²) in [6, 6.07) is 8.28. The van der Waals surface area contributed by atoms with E-state index in [9.17, 15) is 0 Å². The average molecular weight is 263 g/mol. The highest BCUT2D eigenvalue weighted by Crippen LogP contribution is 2.20. The number of rotatable bonds is 8. The van der Waals surface area contributed by atoms with E-state index in [2.05, 4.69) is 50.0 Å². The lowest BCUT2D eigenvalue weighted by molar-refractivity contribution is 0.292. The highest BCUT2D eigenvalue weighted by atomic mass is 15.1. The Kier molecular flexibility index (Phi) is 6.89. The molecule has 0 amide bonds. The van der Waals surface area contributed by atoms with E-state index < -0.39 is 0 Å². The Morgan fingerprint density at radius 2 is 1.63 bits per heavy atom. The molecule has 0 aromatic heterocycles. The Bertz CT molecular complexity index is 346. The van der Waals surface area contributed by atoms with Gasteiger partial charge < -0.3 is 15.5 Å². The van der Waals surface area contributed by atoms with Crippen molar-refractivity contribution in [2.75, 3.05) is 46.5 Å². The molecule has 0 spiro atoms. The number of nitrogens with zero attached hydrogens (tertiary/aromatic N) is 2. The zero-order valence-electron chi connectivity index (χ0n) is 12.9. The normalized spacial score (nSPS) is 13.2. The van der Waals surface area contributed by atoms with E-state index in [0.29, 0.717) is 5.92 Å². The van der Waals surface area contributed by atoms with Gasteiger partial charge in [0.15, 0.2) is 0 Å². The first kappa shape index (κ1) is 16.0. The third-order valence-corrected chi connectivity index (χ3v) is 3.59. The van der Waals surface area contributed by atoms with Crippen molar-refractivity contribution in [2.24, 2.45) is 0 Å². The Morgan fingerprint density at radius 3 is 2.21 bits per heavy atom. The fourth-order valence-electron chi connectivity index (χ4n) is 2.17. The molecular weight excluding hydrogens is 234 g/mol. The summed E-state index contributed by atoms with van der Waals surface area (Å²) in [7, 11) is 6.47. The Hall–Kier alpha value is -1.06. The van der Waals surface area contributed by atoms with Crippen LogP contribution in [-0.4, -0.2) is 50.6 Å². The van der Waals surface area contributed by atoms with Gasteiger partial charge in [-0.15, -0.1) is 0 Å². The number of hydrogen-bond acceptors (Lipinski definition) is 3. The molecule has 0 saturated heterocycles. The maximum atomic E-state index is 5.72. The van der Waals surface area contributed by atoms with Gasteiger partial charge in [-0.05, 0) is 77.2 Å². The third-order valence-electron chi connectivity index (χ3n) is 3.59. The van der Waals surface area contributed by atoms with Gasteiger partial charge in [0.2, 0.25) is 0 Å².